The summed E-state index contributed by atoms with van der Waals surface area (Å²) < 4.78 is 0. The van der Waals surface area contributed by atoms with Crippen LogP contribution in [0.5, 0.6) is 0 Å². The molecule has 0 aliphatic heterocycles. The van der Waals surface area contributed by atoms with E-state index in [1.54, 1.807) is 42.6 Å². The van der Waals surface area contributed by atoms with E-state index >= 15 is 0 Å². The monoisotopic (exact) mass is 346 g/mol. The third-order valence-corrected chi connectivity index (χ3v) is 4.53. The summed E-state index contributed by atoms with van der Waals surface area (Å²) in [6.45, 7) is 0.495. The minimum Gasteiger partial charge on any atom is -0.355 e. The summed E-state index contributed by atoms with van der Waals surface area (Å²) in [7, 11) is 5.54. The quantitative estimate of drug-likeness (QED) is 0.752. The minimum absolute atomic E-state index is 0.118. The average molecular weight is 346 g/mol. The highest BCUT2D eigenvalue weighted by atomic mass is 32.1. The SMILES string of the molecule is CNC(=O)c1cccc(NC(=O)NCC(c2cccs2)N(C)C)c1. The van der Waals surface area contributed by atoms with E-state index in [1.807, 2.05) is 25.5 Å². The highest BCUT2D eigenvalue weighted by Crippen LogP contribution is 2.22. The van der Waals surface area contributed by atoms with Gasteiger partial charge in [0.2, 0.25) is 0 Å². The van der Waals surface area contributed by atoms with E-state index in [0.29, 0.717) is 17.8 Å². The molecule has 0 aliphatic carbocycles. The predicted molar refractivity (Wildman–Crippen MR) is 97.6 cm³/mol. The molecule has 1 aromatic carbocycles. The lowest BCUT2D eigenvalue weighted by Gasteiger charge is -2.23. The molecule has 128 valence electrons. The van der Waals surface area contributed by atoms with Crippen molar-refractivity contribution < 1.29 is 9.59 Å². The van der Waals surface area contributed by atoms with Crippen molar-refractivity contribution in [3.63, 3.8) is 0 Å². The van der Waals surface area contributed by atoms with Gasteiger partial charge >= 0.3 is 6.03 Å². The summed E-state index contributed by atoms with van der Waals surface area (Å²) >= 11 is 1.66. The van der Waals surface area contributed by atoms with Crippen molar-refractivity contribution in [3.05, 3.63) is 52.2 Å². The molecule has 3 N–H and O–H groups in total. The number of rotatable bonds is 6. The maximum Gasteiger partial charge on any atom is 0.319 e. The van der Waals surface area contributed by atoms with Crippen LogP contribution in [-0.4, -0.2) is 44.5 Å². The fourth-order valence-electron chi connectivity index (χ4n) is 2.27. The minimum atomic E-state index is -0.299. The molecule has 1 unspecified atom stereocenters. The normalized spacial score (nSPS) is 11.8. The molecular weight excluding hydrogens is 324 g/mol. The summed E-state index contributed by atoms with van der Waals surface area (Å²) in [6.07, 6.45) is 0. The lowest BCUT2D eigenvalue weighted by molar-refractivity contribution is 0.0963. The number of benzene rings is 1. The summed E-state index contributed by atoms with van der Waals surface area (Å²) in [6, 6.07) is 10.7. The van der Waals surface area contributed by atoms with Crippen molar-refractivity contribution in [3.8, 4) is 0 Å². The van der Waals surface area contributed by atoms with Gasteiger partial charge in [0.1, 0.15) is 0 Å². The topological polar surface area (TPSA) is 73.5 Å². The van der Waals surface area contributed by atoms with Gasteiger partial charge in [0.05, 0.1) is 6.04 Å². The maximum absolute atomic E-state index is 12.1. The molecule has 7 heteroatoms. The van der Waals surface area contributed by atoms with Crippen LogP contribution in [0.25, 0.3) is 0 Å². The van der Waals surface area contributed by atoms with Gasteiger partial charge in [0.15, 0.2) is 0 Å². The Morgan fingerprint density at radius 1 is 1.21 bits per heavy atom. The summed E-state index contributed by atoms with van der Waals surface area (Å²) in [5, 5.41) is 10.2. The molecule has 0 radical (unpaired) electrons. The molecule has 3 amide bonds. The Bertz CT molecular complexity index is 686. The van der Waals surface area contributed by atoms with E-state index in [9.17, 15) is 9.59 Å². The molecule has 2 aromatic rings. The number of anilines is 1. The van der Waals surface area contributed by atoms with Crippen LogP contribution in [0, 0.1) is 0 Å². The number of nitrogens with one attached hydrogen (secondary N) is 3. The molecular formula is C17H22N4O2S. The fraction of sp³-hybridized carbons (Fsp3) is 0.294. The molecule has 0 bridgehead atoms. The molecule has 1 aromatic heterocycles. The van der Waals surface area contributed by atoms with Crippen molar-refractivity contribution in [1.29, 1.82) is 0 Å². The summed E-state index contributed by atoms with van der Waals surface area (Å²) in [5.41, 5.74) is 1.08. The van der Waals surface area contributed by atoms with Crippen molar-refractivity contribution >= 4 is 29.0 Å². The first-order valence-electron chi connectivity index (χ1n) is 7.58. The van der Waals surface area contributed by atoms with E-state index < -0.39 is 0 Å². The van der Waals surface area contributed by atoms with Crippen LogP contribution in [0.3, 0.4) is 0 Å². The largest absolute Gasteiger partial charge is 0.355 e. The number of nitrogens with zero attached hydrogens (tertiary/aromatic N) is 1. The van der Waals surface area contributed by atoms with Crippen LogP contribution in [0.15, 0.2) is 41.8 Å². The van der Waals surface area contributed by atoms with Crippen LogP contribution in [0.1, 0.15) is 21.3 Å². The summed E-state index contributed by atoms with van der Waals surface area (Å²) in [4.78, 5) is 27.0. The van der Waals surface area contributed by atoms with Crippen molar-refractivity contribution in [2.24, 2.45) is 0 Å². The maximum atomic E-state index is 12.1. The van der Waals surface area contributed by atoms with E-state index in [1.165, 1.54) is 4.88 Å². The second-order valence-electron chi connectivity index (χ2n) is 5.49. The van der Waals surface area contributed by atoms with Gasteiger partial charge in [-0.15, -0.1) is 11.3 Å². The lowest BCUT2D eigenvalue weighted by Crippen LogP contribution is -2.36. The number of amides is 3. The number of urea groups is 1. The Labute approximate surface area is 145 Å². The second-order valence-corrected chi connectivity index (χ2v) is 6.47. The van der Waals surface area contributed by atoms with Crippen LogP contribution >= 0.6 is 11.3 Å². The number of hydrogen-bond donors (Lipinski definition) is 3. The molecule has 1 atom stereocenters. The van der Waals surface area contributed by atoms with Crippen molar-refractivity contribution in [2.45, 2.75) is 6.04 Å². The third kappa shape index (κ3) is 4.81. The Balaban J connectivity index is 1.94. The average Bonchev–Trinajstić information content (AvgIpc) is 3.08. The molecule has 0 fully saturated rings. The smallest absolute Gasteiger partial charge is 0.319 e. The summed E-state index contributed by atoms with van der Waals surface area (Å²) in [5.74, 6) is -0.190. The first kappa shape index (κ1) is 18.0. The van der Waals surface area contributed by atoms with Gasteiger partial charge in [-0.1, -0.05) is 12.1 Å². The Morgan fingerprint density at radius 3 is 2.62 bits per heavy atom. The number of carbonyl (C=O) groups is 2. The van der Waals surface area contributed by atoms with Crippen LogP contribution in [0.2, 0.25) is 0 Å². The van der Waals surface area contributed by atoms with Gasteiger partial charge in [0.25, 0.3) is 5.91 Å². The molecule has 24 heavy (non-hydrogen) atoms. The van der Waals surface area contributed by atoms with E-state index in [2.05, 4.69) is 26.9 Å². The van der Waals surface area contributed by atoms with Gasteiger partial charge in [0, 0.05) is 29.7 Å². The van der Waals surface area contributed by atoms with Crippen LogP contribution in [0.4, 0.5) is 10.5 Å². The Kier molecular flexibility index (Phi) is 6.34. The van der Waals surface area contributed by atoms with Gasteiger partial charge in [-0.2, -0.15) is 0 Å². The molecule has 1 heterocycles. The van der Waals surface area contributed by atoms with E-state index in [4.69, 9.17) is 0 Å². The van der Waals surface area contributed by atoms with Crippen LogP contribution in [-0.2, 0) is 0 Å². The number of likely N-dealkylation sites (N-methyl/N-ethyl adjacent to an activating group) is 1. The van der Waals surface area contributed by atoms with Crippen LogP contribution < -0.4 is 16.0 Å². The zero-order valence-corrected chi connectivity index (χ0v) is 14.8. The Morgan fingerprint density at radius 2 is 2.00 bits per heavy atom. The highest BCUT2D eigenvalue weighted by molar-refractivity contribution is 7.10. The van der Waals surface area contributed by atoms with Crippen molar-refractivity contribution in [2.75, 3.05) is 33.0 Å². The molecule has 6 nitrogen and oxygen atoms in total. The molecule has 0 spiro atoms. The first-order valence-corrected chi connectivity index (χ1v) is 8.46. The second kappa shape index (κ2) is 8.47. The standard InChI is InChI=1S/C17H22N4O2S/c1-18-16(22)12-6-4-7-13(10-12)20-17(23)19-11-14(21(2)3)15-8-5-9-24-15/h4-10,14H,11H2,1-3H3,(H,18,22)(H2,19,20,23). The number of thiophene rings is 1. The van der Waals surface area contributed by atoms with Gasteiger partial charge < -0.3 is 20.9 Å². The number of carbonyl (C=O) groups excluding carboxylic acids is 2. The zero-order valence-electron chi connectivity index (χ0n) is 14.0. The Hall–Kier alpha value is -2.38. The zero-order chi connectivity index (χ0) is 17.5. The lowest BCUT2D eigenvalue weighted by atomic mass is 10.2. The molecule has 0 aliphatic rings. The third-order valence-electron chi connectivity index (χ3n) is 3.56. The van der Waals surface area contributed by atoms with Crippen molar-refractivity contribution in [1.82, 2.24) is 15.5 Å². The highest BCUT2D eigenvalue weighted by Gasteiger charge is 2.16. The van der Waals surface area contributed by atoms with Gasteiger partial charge in [-0.3, -0.25) is 4.79 Å². The molecule has 2 rings (SSSR count). The first-order chi connectivity index (χ1) is 11.5. The molecule has 0 saturated heterocycles. The van der Waals surface area contributed by atoms with Gasteiger partial charge in [-0.25, -0.2) is 4.79 Å². The van der Waals surface area contributed by atoms with Gasteiger partial charge in [-0.05, 0) is 43.7 Å². The fourth-order valence-corrected chi connectivity index (χ4v) is 3.19. The number of hydrogen-bond acceptors (Lipinski definition) is 4. The van der Waals surface area contributed by atoms with E-state index in [0.717, 1.165) is 0 Å². The molecule has 0 saturated carbocycles. The van der Waals surface area contributed by atoms with E-state index in [-0.39, 0.29) is 18.0 Å². The predicted octanol–water partition coefficient (Wildman–Crippen LogP) is 2.53.